The van der Waals surface area contributed by atoms with Crippen LogP contribution in [0.25, 0.3) is 0 Å². The lowest BCUT2D eigenvalue weighted by Gasteiger charge is -2.44. The molecule has 42 heavy (non-hydrogen) atoms. The minimum absolute atomic E-state index is 0.0324. The fourth-order valence-electron chi connectivity index (χ4n) is 5.02. The van der Waals surface area contributed by atoms with E-state index in [0.717, 1.165) is 71.9 Å². The maximum absolute atomic E-state index is 13.7. The predicted molar refractivity (Wildman–Crippen MR) is 152 cm³/mol. The summed E-state index contributed by atoms with van der Waals surface area (Å²) < 4.78 is 124. The van der Waals surface area contributed by atoms with Crippen LogP contribution in [0.2, 0.25) is 6.32 Å². The summed E-state index contributed by atoms with van der Waals surface area (Å²) >= 11 is 0. The van der Waals surface area contributed by atoms with E-state index < -0.39 is 41.4 Å². The fraction of sp³-hybridized carbons (Fsp3) is 0.419. The number of rotatable bonds is 8. The van der Waals surface area contributed by atoms with Crippen molar-refractivity contribution in [3.63, 3.8) is 0 Å². The number of alkyl halides is 9. The van der Waals surface area contributed by atoms with Crippen molar-refractivity contribution in [3.05, 3.63) is 89.5 Å². The van der Waals surface area contributed by atoms with Crippen LogP contribution in [0.4, 0.5) is 39.5 Å². The quantitative estimate of drug-likeness (QED) is 0.105. The van der Waals surface area contributed by atoms with Gasteiger partial charge in [-0.05, 0) is 0 Å². The molecule has 3 aromatic carbocycles. The Morgan fingerprint density at radius 1 is 0.524 bits per heavy atom. The molecule has 3 aromatic rings. The van der Waals surface area contributed by atoms with E-state index in [1.165, 1.54) is 18.2 Å². The molecule has 0 aliphatic rings. The van der Waals surface area contributed by atoms with E-state index in [9.17, 15) is 39.5 Å². The van der Waals surface area contributed by atoms with Crippen LogP contribution in [-0.4, -0.2) is 38.8 Å². The van der Waals surface area contributed by atoms with E-state index in [1.807, 2.05) is 6.92 Å². The van der Waals surface area contributed by atoms with Gasteiger partial charge in [0, 0.05) is 0 Å². The molecular weight excluding hydrogens is 568 g/mol. The van der Waals surface area contributed by atoms with Crippen LogP contribution in [0.1, 0.15) is 49.3 Å². The lowest BCUT2D eigenvalue weighted by molar-refractivity contribution is -0.849. The van der Waals surface area contributed by atoms with Gasteiger partial charge in [0.15, 0.2) is 0 Å². The molecule has 0 unspecified atom stereocenters. The maximum Gasteiger partial charge on any atom is 0.416 e. The van der Waals surface area contributed by atoms with Gasteiger partial charge in [-0.15, -0.1) is 0 Å². The summed E-state index contributed by atoms with van der Waals surface area (Å²) in [5.74, 6) is 0. The number of nitrogens with zero attached hydrogens (tertiary/aromatic N) is 1. The van der Waals surface area contributed by atoms with Crippen molar-refractivity contribution in [1.29, 1.82) is 0 Å². The molecule has 0 N–H and O–H groups in total. The van der Waals surface area contributed by atoms with Gasteiger partial charge in [0.1, 0.15) is 0 Å². The van der Waals surface area contributed by atoms with Gasteiger partial charge in [-0.3, -0.25) is 0 Å². The molecule has 0 spiro atoms. The normalized spacial score (nSPS) is 13.0. The Bertz CT molecular complexity index is 1140. The largest absolute Gasteiger partial charge is 0.416 e. The molecule has 0 aliphatic heterocycles. The first-order chi connectivity index (χ1) is 19.2. The lowest BCUT2D eigenvalue weighted by atomic mass is 9.14. The van der Waals surface area contributed by atoms with Crippen LogP contribution < -0.4 is 16.4 Å². The summed E-state index contributed by atoms with van der Waals surface area (Å²) in [6.07, 6.45) is -14.2. The lowest BCUT2D eigenvalue weighted by Crippen LogP contribution is -2.67. The van der Waals surface area contributed by atoms with Gasteiger partial charge in [0.2, 0.25) is 0 Å². The molecule has 0 saturated carbocycles. The van der Waals surface area contributed by atoms with Crippen molar-refractivity contribution in [3.8, 4) is 0 Å². The molecule has 0 fully saturated rings. The molecule has 0 aromatic heterocycles. The van der Waals surface area contributed by atoms with E-state index >= 15 is 0 Å². The summed E-state index contributed by atoms with van der Waals surface area (Å²) in [5.41, 5.74) is -2.98. The minimum Gasteiger partial charge on any atom is -0.333 e. The molecule has 0 amide bonds. The first-order valence-corrected chi connectivity index (χ1v) is 13.7. The van der Waals surface area contributed by atoms with Gasteiger partial charge in [0.25, 0.3) is 0 Å². The summed E-state index contributed by atoms with van der Waals surface area (Å²) in [5, 5.41) is 0. The van der Waals surface area contributed by atoms with Gasteiger partial charge >= 0.3 is 18.5 Å². The molecule has 1 nitrogen and oxygen atoms in total. The Labute approximate surface area is 241 Å². The third-order valence-electron chi connectivity index (χ3n) is 6.84. The van der Waals surface area contributed by atoms with E-state index in [-0.39, 0.29) is 22.7 Å². The monoisotopic (exact) mass is 605 g/mol. The number of hydrogen-bond donors (Lipinski definition) is 0. The van der Waals surface area contributed by atoms with Crippen LogP contribution in [0.15, 0.2) is 72.8 Å². The molecular formula is C31H37BF9N. The van der Waals surface area contributed by atoms with Gasteiger partial charge < -0.3 is 4.48 Å². The highest BCUT2D eigenvalue weighted by molar-refractivity contribution is 7.11. The Morgan fingerprint density at radius 2 is 0.833 bits per heavy atom. The van der Waals surface area contributed by atoms with Gasteiger partial charge in [-0.25, -0.2) is 0 Å². The van der Waals surface area contributed by atoms with E-state index in [0.29, 0.717) is 12.8 Å². The van der Waals surface area contributed by atoms with E-state index in [4.69, 9.17) is 0 Å². The molecule has 0 bridgehead atoms. The number of unbranched alkanes of at least 4 members (excludes halogenated alkanes) is 3. The molecule has 0 radical (unpaired) electrons. The third kappa shape index (κ3) is 9.82. The second-order valence-electron chi connectivity index (χ2n) is 11.9. The highest BCUT2D eigenvalue weighted by Crippen LogP contribution is 2.33. The Morgan fingerprint density at radius 3 is 1.10 bits per heavy atom. The predicted octanol–water partition coefficient (Wildman–Crippen LogP) is 8.12. The van der Waals surface area contributed by atoms with E-state index in [2.05, 4.69) is 28.2 Å². The Hall–Kier alpha value is -2.95. The Kier molecular flexibility index (Phi) is 11.4. The zero-order valence-electron chi connectivity index (χ0n) is 24.4. The van der Waals surface area contributed by atoms with Crippen molar-refractivity contribution in [2.75, 3.05) is 28.2 Å². The smallest absolute Gasteiger partial charge is 0.333 e. The van der Waals surface area contributed by atoms with Crippen molar-refractivity contribution in [2.45, 2.75) is 57.5 Å². The van der Waals surface area contributed by atoms with Crippen LogP contribution >= 0.6 is 0 Å². The molecule has 0 aliphatic carbocycles. The summed E-state index contributed by atoms with van der Waals surface area (Å²) in [6, 6.07) is 12.5. The summed E-state index contributed by atoms with van der Waals surface area (Å²) in [4.78, 5) is 0. The standard InChI is InChI=1S/C27H25BF9.C4H12N/c1-2-3-4-5-15-28(22-12-6-9-19(16-22)25(29,30)31,23-13-7-10-20(17-23)26(32,33)34)24-14-8-11-21(18-24)27(35,36)37;1-5(2,3)4/h6-14,16-18H,2-5,15H2,1H3;1-4H3/q-1;+1. The third-order valence-corrected chi connectivity index (χ3v) is 6.84. The number of benzene rings is 3. The maximum atomic E-state index is 13.7. The van der Waals surface area contributed by atoms with Crippen LogP contribution in [0, 0.1) is 0 Å². The van der Waals surface area contributed by atoms with Crippen LogP contribution in [0.3, 0.4) is 0 Å². The zero-order chi connectivity index (χ0) is 32.0. The van der Waals surface area contributed by atoms with Crippen LogP contribution in [0.5, 0.6) is 0 Å². The zero-order valence-corrected chi connectivity index (χ0v) is 24.4. The molecule has 3 rings (SSSR count). The van der Waals surface area contributed by atoms with Crippen molar-refractivity contribution >= 4 is 22.5 Å². The van der Waals surface area contributed by atoms with Gasteiger partial charge in [-0.2, -0.15) is 62.2 Å². The van der Waals surface area contributed by atoms with Gasteiger partial charge in [0.05, 0.1) is 51.0 Å². The topological polar surface area (TPSA) is 0 Å². The number of halogens is 9. The first-order valence-electron chi connectivity index (χ1n) is 13.7. The highest BCUT2D eigenvalue weighted by atomic mass is 19.4. The highest BCUT2D eigenvalue weighted by Gasteiger charge is 2.38. The average Bonchev–Trinajstić information content (AvgIpc) is 2.87. The second-order valence-corrected chi connectivity index (χ2v) is 11.9. The van der Waals surface area contributed by atoms with Crippen molar-refractivity contribution in [2.24, 2.45) is 0 Å². The molecule has 0 atom stereocenters. The second kappa shape index (κ2) is 13.6. The first kappa shape index (κ1) is 35.3. The average molecular weight is 605 g/mol. The summed E-state index contributed by atoms with van der Waals surface area (Å²) in [7, 11) is 8.50. The van der Waals surface area contributed by atoms with Crippen molar-refractivity contribution < 1.29 is 44.0 Å². The summed E-state index contributed by atoms with van der Waals surface area (Å²) in [6.45, 7) is 1.94. The molecule has 0 saturated heterocycles. The number of hydrogen-bond acceptors (Lipinski definition) is 0. The SMILES string of the molecule is CCCCCC[B-](c1cccc(C(F)(F)F)c1)(c1cccc(C(F)(F)F)c1)c1cccc(C(F)(F)F)c1.C[N+](C)(C)C. The number of quaternary nitrogens is 1. The van der Waals surface area contributed by atoms with Crippen LogP contribution in [-0.2, 0) is 18.5 Å². The molecule has 11 heteroatoms. The molecule has 232 valence electrons. The minimum atomic E-state index is -4.75. The van der Waals surface area contributed by atoms with Crippen molar-refractivity contribution in [1.82, 2.24) is 0 Å². The molecule has 0 heterocycles. The van der Waals surface area contributed by atoms with Gasteiger partial charge in [-0.1, -0.05) is 105 Å². The Balaban J connectivity index is 0.00000113. The van der Waals surface area contributed by atoms with E-state index in [1.54, 1.807) is 0 Å². The fourth-order valence-corrected chi connectivity index (χ4v) is 5.02.